The van der Waals surface area contributed by atoms with Gasteiger partial charge in [0.2, 0.25) is 0 Å². The van der Waals surface area contributed by atoms with Crippen molar-refractivity contribution in [1.29, 1.82) is 15.8 Å². The second kappa shape index (κ2) is 17.4. The molecule has 0 heterocycles. The first kappa shape index (κ1) is 36.1. The maximum Gasteiger partial charge on any atom is 0.343 e. The molecular weight excluding hydrogens is 634 g/mol. The molecule has 4 rings (SSSR count). The number of hydrogen-bond acceptors (Lipinski definition) is 12. The van der Waals surface area contributed by atoms with Crippen LogP contribution < -0.4 is 9.47 Å². The maximum atomic E-state index is 13.2. The zero-order valence-corrected chi connectivity index (χ0v) is 27.8. The van der Waals surface area contributed by atoms with Gasteiger partial charge in [0.1, 0.15) is 36.4 Å². The Bertz CT molecular complexity index is 2000. The van der Waals surface area contributed by atoms with E-state index in [2.05, 4.69) is 20.5 Å². The SMILES string of the molecule is CCCC(C)(CC)C(=O)OCCOc1ccc(C(=O)Oc2cc(C#N)c(N=Nc3ccc(C#N)cc3)cc2N=Nc2ccc(C#N)cc2)cc1. The number of nitriles is 3. The monoisotopic (exact) mass is 667 g/mol. The highest BCUT2D eigenvalue weighted by molar-refractivity contribution is 5.92. The average molecular weight is 668 g/mol. The minimum Gasteiger partial charge on any atom is -0.490 e. The number of carbonyl (C=O) groups is 2. The summed E-state index contributed by atoms with van der Waals surface area (Å²) in [6.07, 6.45) is 2.31. The highest BCUT2D eigenvalue weighted by Crippen LogP contribution is 2.37. The Kier molecular flexibility index (Phi) is 12.6. The minimum atomic E-state index is -0.731. The number of esters is 2. The standard InChI is InChI=1S/C38H33N7O5/c1-4-18-38(3,5-2)37(47)49-20-19-48-32-16-10-28(11-17-32)36(46)50-35-21-29(25-41)33(44-42-30-12-6-26(23-39)7-13-30)22-34(35)45-43-31-14-8-27(24-40)9-15-31/h6-17,21-22H,4-5,18-20H2,1-3H3. The summed E-state index contributed by atoms with van der Waals surface area (Å²) in [5, 5.41) is 44.8. The Morgan fingerprint density at radius 1 is 0.720 bits per heavy atom. The number of rotatable bonds is 14. The van der Waals surface area contributed by atoms with Crippen molar-refractivity contribution in [2.45, 2.75) is 40.0 Å². The lowest BCUT2D eigenvalue weighted by Gasteiger charge is -2.25. The third kappa shape index (κ3) is 9.66. The van der Waals surface area contributed by atoms with Crippen LogP contribution in [0.2, 0.25) is 0 Å². The summed E-state index contributed by atoms with van der Waals surface area (Å²) in [6, 6.07) is 27.8. The zero-order valence-electron chi connectivity index (χ0n) is 27.8. The molecule has 0 aliphatic carbocycles. The first-order chi connectivity index (χ1) is 24.2. The van der Waals surface area contributed by atoms with Gasteiger partial charge in [0, 0.05) is 6.07 Å². The number of benzene rings is 4. The van der Waals surface area contributed by atoms with Crippen molar-refractivity contribution in [2.75, 3.05) is 13.2 Å². The van der Waals surface area contributed by atoms with Gasteiger partial charge in [0.25, 0.3) is 0 Å². The van der Waals surface area contributed by atoms with Crippen LogP contribution in [0.5, 0.6) is 11.5 Å². The van der Waals surface area contributed by atoms with Crippen molar-refractivity contribution in [3.8, 4) is 29.7 Å². The highest BCUT2D eigenvalue weighted by atomic mass is 16.6. The van der Waals surface area contributed by atoms with Crippen LogP contribution in [0.4, 0.5) is 22.7 Å². The summed E-state index contributed by atoms with van der Waals surface area (Å²) in [5.41, 5.74) is 1.74. The van der Waals surface area contributed by atoms with Crippen molar-refractivity contribution >= 4 is 34.7 Å². The number of ether oxygens (including phenoxy) is 3. The van der Waals surface area contributed by atoms with Gasteiger partial charge in [0.05, 0.1) is 51.2 Å². The third-order valence-electron chi connectivity index (χ3n) is 7.69. The Labute approximate surface area is 289 Å². The fourth-order valence-corrected chi connectivity index (χ4v) is 4.61. The van der Waals surface area contributed by atoms with Gasteiger partial charge >= 0.3 is 11.9 Å². The van der Waals surface area contributed by atoms with Crippen molar-refractivity contribution < 1.29 is 23.8 Å². The van der Waals surface area contributed by atoms with E-state index in [9.17, 15) is 14.9 Å². The summed E-state index contributed by atoms with van der Waals surface area (Å²) in [6.45, 7) is 6.13. The zero-order chi connectivity index (χ0) is 35.9. The molecule has 1 unspecified atom stereocenters. The molecule has 1 atom stereocenters. The first-order valence-electron chi connectivity index (χ1n) is 15.8. The Hall–Kier alpha value is -6.71. The van der Waals surface area contributed by atoms with Crippen LogP contribution in [0.25, 0.3) is 0 Å². The van der Waals surface area contributed by atoms with E-state index in [0.29, 0.717) is 34.7 Å². The summed E-state index contributed by atoms with van der Waals surface area (Å²) in [4.78, 5) is 25.7. The lowest BCUT2D eigenvalue weighted by Crippen LogP contribution is -2.30. The van der Waals surface area contributed by atoms with Gasteiger partial charge in [-0.2, -0.15) is 26.0 Å². The van der Waals surface area contributed by atoms with Gasteiger partial charge in [0.15, 0.2) is 5.75 Å². The number of nitrogens with zero attached hydrogens (tertiary/aromatic N) is 7. The smallest absolute Gasteiger partial charge is 0.343 e. The predicted molar refractivity (Wildman–Crippen MR) is 183 cm³/mol. The average Bonchev–Trinajstić information content (AvgIpc) is 3.15. The van der Waals surface area contributed by atoms with E-state index in [4.69, 9.17) is 24.7 Å². The van der Waals surface area contributed by atoms with E-state index in [1.807, 2.05) is 39.0 Å². The van der Waals surface area contributed by atoms with E-state index in [0.717, 1.165) is 12.8 Å². The minimum absolute atomic E-state index is 0.0504. The van der Waals surface area contributed by atoms with Gasteiger partial charge in [-0.25, -0.2) is 4.79 Å². The van der Waals surface area contributed by atoms with Gasteiger partial charge in [-0.15, -0.1) is 10.2 Å². The Morgan fingerprint density at radius 2 is 1.30 bits per heavy atom. The molecule has 0 saturated heterocycles. The fourth-order valence-electron chi connectivity index (χ4n) is 4.61. The topological polar surface area (TPSA) is 183 Å². The van der Waals surface area contributed by atoms with E-state index >= 15 is 0 Å². The van der Waals surface area contributed by atoms with Gasteiger partial charge < -0.3 is 14.2 Å². The molecule has 250 valence electrons. The van der Waals surface area contributed by atoms with Crippen molar-refractivity contribution in [3.63, 3.8) is 0 Å². The second-order valence-corrected chi connectivity index (χ2v) is 11.2. The van der Waals surface area contributed by atoms with Gasteiger partial charge in [-0.05, 0) is 98.6 Å². The predicted octanol–water partition coefficient (Wildman–Crippen LogP) is 9.49. The van der Waals surface area contributed by atoms with Gasteiger partial charge in [-0.3, -0.25) is 4.79 Å². The first-order valence-corrected chi connectivity index (χ1v) is 15.8. The van der Waals surface area contributed by atoms with Crippen LogP contribution in [-0.4, -0.2) is 25.2 Å². The number of hydrogen-bond donors (Lipinski definition) is 0. The number of azo groups is 2. The van der Waals surface area contributed by atoms with E-state index in [1.54, 1.807) is 60.7 Å². The van der Waals surface area contributed by atoms with E-state index < -0.39 is 11.4 Å². The van der Waals surface area contributed by atoms with Crippen LogP contribution in [0.1, 0.15) is 67.1 Å². The summed E-state index contributed by atoms with van der Waals surface area (Å²) >= 11 is 0. The molecule has 0 aliphatic heterocycles. The Morgan fingerprint density at radius 3 is 1.82 bits per heavy atom. The molecule has 0 amide bonds. The molecule has 0 spiro atoms. The molecule has 4 aromatic rings. The van der Waals surface area contributed by atoms with Crippen LogP contribution in [-0.2, 0) is 9.53 Å². The van der Waals surface area contributed by atoms with Crippen molar-refractivity contribution in [2.24, 2.45) is 25.9 Å². The summed E-state index contributed by atoms with van der Waals surface area (Å²) < 4.78 is 16.8. The van der Waals surface area contributed by atoms with Crippen LogP contribution in [0.15, 0.2) is 105 Å². The molecule has 0 radical (unpaired) electrons. The lowest BCUT2D eigenvalue weighted by atomic mass is 9.83. The van der Waals surface area contributed by atoms with Crippen LogP contribution >= 0.6 is 0 Å². The van der Waals surface area contributed by atoms with Crippen molar-refractivity contribution in [1.82, 2.24) is 0 Å². The molecule has 4 aromatic carbocycles. The quantitative estimate of drug-likeness (QED) is 0.0551. The third-order valence-corrected chi connectivity index (χ3v) is 7.69. The maximum absolute atomic E-state index is 13.2. The van der Waals surface area contributed by atoms with Crippen LogP contribution in [0.3, 0.4) is 0 Å². The second-order valence-electron chi connectivity index (χ2n) is 11.2. The molecule has 0 saturated carbocycles. The molecule has 12 heteroatoms. The molecule has 0 fully saturated rings. The van der Waals surface area contributed by atoms with Crippen LogP contribution in [0, 0.1) is 39.4 Å². The molecular formula is C38H33N7O5. The lowest BCUT2D eigenvalue weighted by molar-refractivity contribution is -0.156. The summed E-state index contributed by atoms with van der Waals surface area (Å²) in [5.74, 6) is -0.567. The molecule has 12 nitrogen and oxygen atoms in total. The Balaban J connectivity index is 1.51. The van der Waals surface area contributed by atoms with Gasteiger partial charge in [-0.1, -0.05) is 20.3 Å². The molecule has 0 N–H and O–H groups in total. The summed E-state index contributed by atoms with van der Waals surface area (Å²) in [7, 11) is 0. The van der Waals surface area contributed by atoms with Crippen molar-refractivity contribution in [3.05, 3.63) is 107 Å². The molecule has 0 bridgehead atoms. The highest BCUT2D eigenvalue weighted by Gasteiger charge is 2.31. The molecule has 0 aromatic heterocycles. The molecule has 50 heavy (non-hydrogen) atoms. The normalized spacial score (nSPS) is 12.0. The van der Waals surface area contributed by atoms with E-state index in [-0.39, 0.29) is 47.4 Å². The van der Waals surface area contributed by atoms with E-state index in [1.165, 1.54) is 24.3 Å². The largest absolute Gasteiger partial charge is 0.490 e. The fraction of sp³-hybridized carbons (Fsp3) is 0.237. The number of carbonyl (C=O) groups excluding carboxylic acids is 2. The molecule has 0 aliphatic rings.